The minimum Gasteiger partial charge on any atom is -0.481 e. The van der Waals surface area contributed by atoms with Gasteiger partial charge in [0.15, 0.2) is 0 Å². The van der Waals surface area contributed by atoms with Crippen molar-refractivity contribution in [2.75, 3.05) is 13.1 Å². The van der Waals surface area contributed by atoms with Gasteiger partial charge in [0.2, 0.25) is 0 Å². The van der Waals surface area contributed by atoms with Crippen LogP contribution in [-0.4, -0.2) is 40.4 Å². The van der Waals surface area contributed by atoms with Crippen LogP contribution in [0.4, 0.5) is 0 Å². The predicted molar refractivity (Wildman–Crippen MR) is 193 cm³/mol. The van der Waals surface area contributed by atoms with Crippen LogP contribution >= 0.6 is 0 Å². The first kappa shape index (κ1) is 43.1. The molecule has 0 aliphatic carbocycles. The lowest BCUT2D eigenvalue weighted by molar-refractivity contribution is -0.137. The Hall–Kier alpha value is -0.870. The fourth-order valence-corrected chi connectivity index (χ4v) is 6.64. The molecule has 0 fully saturated rings. The van der Waals surface area contributed by atoms with Gasteiger partial charge in [-0.25, -0.2) is 0 Å². The molecule has 0 rings (SSSR count). The molecule has 0 radical (unpaired) electrons. The molecule has 2 N–H and O–H groups in total. The summed E-state index contributed by atoms with van der Waals surface area (Å²) in [6.07, 6.45) is 35.2. The summed E-state index contributed by atoms with van der Waals surface area (Å²) in [4.78, 5) is 13.5. The summed E-state index contributed by atoms with van der Waals surface area (Å²) in [7, 11) is 0. The fraction of sp³-hybridized carbons (Fsp3) is 0.925. The molecule has 0 aliphatic rings. The maximum Gasteiger partial charge on any atom is 0.303 e. The molecule has 0 bridgehead atoms. The van der Waals surface area contributed by atoms with Gasteiger partial charge in [0.05, 0.1) is 0 Å². The van der Waals surface area contributed by atoms with Crippen LogP contribution in [0.5, 0.6) is 0 Å². The van der Waals surface area contributed by atoms with Crippen molar-refractivity contribution in [2.45, 2.75) is 208 Å². The molecular formula is C40H79NO3. The summed E-state index contributed by atoms with van der Waals surface area (Å²) in [5.41, 5.74) is 0. The molecule has 0 aromatic carbocycles. The molecule has 0 aromatic rings. The number of unbranched alkanes of at least 4 members (excludes halogenated alkanes) is 16. The van der Waals surface area contributed by atoms with Crippen LogP contribution in [0.15, 0.2) is 12.2 Å². The van der Waals surface area contributed by atoms with Gasteiger partial charge in [-0.2, -0.15) is 0 Å². The van der Waals surface area contributed by atoms with Crippen LogP contribution in [-0.2, 0) is 4.79 Å². The number of aliphatic hydroxyl groups excluding tert-OH is 1. The van der Waals surface area contributed by atoms with Gasteiger partial charge in [-0.15, -0.1) is 0 Å². The average molecular weight is 622 g/mol. The zero-order chi connectivity index (χ0) is 32.7. The van der Waals surface area contributed by atoms with Crippen molar-refractivity contribution in [1.29, 1.82) is 0 Å². The number of hydrogen-bond acceptors (Lipinski definition) is 3. The van der Waals surface area contributed by atoms with E-state index < -0.39 is 12.2 Å². The quantitative estimate of drug-likeness (QED) is 0.0426. The number of rotatable bonds is 34. The second kappa shape index (κ2) is 32.1. The van der Waals surface area contributed by atoms with Crippen LogP contribution in [0.3, 0.4) is 0 Å². The molecule has 0 heterocycles. The van der Waals surface area contributed by atoms with E-state index in [-0.39, 0.29) is 12.3 Å². The molecule has 0 saturated heterocycles. The zero-order valence-electron chi connectivity index (χ0n) is 30.5. The summed E-state index contributed by atoms with van der Waals surface area (Å²) >= 11 is 0. The summed E-state index contributed by atoms with van der Waals surface area (Å²) < 4.78 is 0. The van der Waals surface area contributed by atoms with Crippen LogP contribution in [0.1, 0.15) is 202 Å². The molecule has 0 aliphatic heterocycles. The highest BCUT2D eigenvalue weighted by Crippen LogP contribution is 2.26. The first-order chi connectivity index (χ1) is 21.4. The Morgan fingerprint density at radius 3 is 1.50 bits per heavy atom. The van der Waals surface area contributed by atoms with E-state index in [0.717, 1.165) is 45.2 Å². The Labute approximate surface area is 276 Å². The minimum atomic E-state index is -0.702. The normalized spacial score (nSPS) is 14.8. The third-order valence-electron chi connectivity index (χ3n) is 9.86. The topological polar surface area (TPSA) is 60.8 Å². The Kier molecular flexibility index (Phi) is 31.5. The highest BCUT2D eigenvalue weighted by Gasteiger charge is 2.27. The van der Waals surface area contributed by atoms with Gasteiger partial charge in [-0.1, -0.05) is 169 Å². The van der Waals surface area contributed by atoms with Crippen molar-refractivity contribution in [3.05, 3.63) is 12.2 Å². The molecular weight excluding hydrogens is 542 g/mol. The van der Waals surface area contributed by atoms with Crippen LogP contribution < -0.4 is 0 Å². The second-order valence-corrected chi connectivity index (χ2v) is 14.0. The van der Waals surface area contributed by atoms with E-state index in [0.29, 0.717) is 11.8 Å². The standard InChI is InChI=1S/C40H79NO3/c1-6-11-14-17-18-19-20-21-22-26-31-38(32-27-23-28-33-39(42)43)40(44)41(34-36(9-4)29-24-15-12-7-2)35-37(10-5)30-25-16-13-8-3/h26,31,36-38,40,44H,6-25,27-30,32-35H2,1-5H3,(H,42,43)/b31-26-. The summed E-state index contributed by atoms with van der Waals surface area (Å²) in [5, 5.41) is 21.1. The average Bonchev–Trinajstić information content (AvgIpc) is 3.02. The highest BCUT2D eigenvalue weighted by atomic mass is 16.4. The molecule has 0 amide bonds. The van der Waals surface area contributed by atoms with Crippen molar-refractivity contribution < 1.29 is 15.0 Å². The molecule has 4 heteroatoms. The van der Waals surface area contributed by atoms with Crippen molar-refractivity contribution >= 4 is 5.97 Å². The van der Waals surface area contributed by atoms with Crippen molar-refractivity contribution in [2.24, 2.45) is 17.8 Å². The van der Waals surface area contributed by atoms with Gasteiger partial charge in [0.1, 0.15) is 6.23 Å². The van der Waals surface area contributed by atoms with E-state index in [1.807, 2.05) is 0 Å². The number of aliphatic hydroxyl groups is 1. The molecule has 0 aromatic heterocycles. The molecule has 0 saturated carbocycles. The fourth-order valence-electron chi connectivity index (χ4n) is 6.64. The Morgan fingerprint density at radius 1 is 0.591 bits per heavy atom. The van der Waals surface area contributed by atoms with Gasteiger partial charge < -0.3 is 10.2 Å². The van der Waals surface area contributed by atoms with Crippen LogP contribution in [0, 0.1) is 17.8 Å². The Bertz CT molecular complexity index is 614. The van der Waals surface area contributed by atoms with Crippen molar-refractivity contribution in [1.82, 2.24) is 4.90 Å². The van der Waals surface area contributed by atoms with E-state index in [4.69, 9.17) is 5.11 Å². The lowest BCUT2D eigenvalue weighted by Gasteiger charge is -2.37. The summed E-state index contributed by atoms with van der Waals surface area (Å²) in [6.45, 7) is 13.5. The number of carboxylic acids is 1. The lowest BCUT2D eigenvalue weighted by atomic mass is 9.92. The monoisotopic (exact) mass is 622 g/mol. The van der Waals surface area contributed by atoms with Gasteiger partial charge >= 0.3 is 5.97 Å². The molecule has 262 valence electrons. The summed E-state index contributed by atoms with van der Waals surface area (Å²) in [6, 6.07) is 0. The largest absolute Gasteiger partial charge is 0.481 e. The van der Waals surface area contributed by atoms with Crippen molar-refractivity contribution in [3.8, 4) is 0 Å². The van der Waals surface area contributed by atoms with Gasteiger partial charge in [0.25, 0.3) is 0 Å². The number of nitrogens with zero attached hydrogens (tertiary/aromatic N) is 1. The molecule has 4 unspecified atom stereocenters. The highest BCUT2D eigenvalue weighted by molar-refractivity contribution is 5.66. The first-order valence-corrected chi connectivity index (χ1v) is 19.7. The number of carboxylic acid groups (broad SMARTS) is 1. The molecule has 0 spiro atoms. The second-order valence-electron chi connectivity index (χ2n) is 14.0. The lowest BCUT2D eigenvalue weighted by Crippen LogP contribution is -2.45. The maximum absolute atomic E-state index is 12.0. The minimum absolute atomic E-state index is 0.115. The Balaban J connectivity index is 5.48. The van der Waals surface area contributed by atoms with E-state index in [1.165, 1.54) is 128 Å². The molecule has 4 atom stereocenters. The predicted octanol–water partition coefficient (Wildman–Crippen LogP) is 12.3. The van der Waals surface area contributed by atoms with Gasteiger partial charge in [-0.3, -0.25) is 9.69 Å². The van der Waals surface area contributed by atoms with Crippen LogP contribution in [0.25, 0.3) is 0 Å². The molecule has 44 heavy (non-hydrogen) atoms. The van der Waals surface area contributed by atoms with E-state index in [2.05, 4.69) is 51.7 Å². The van der Waals surface area contributed by atoms with E-state index in [1.54, 1.807) is 0 Å². The first-order valence-electron chi connectivity index (χ1n) is 19.7. The summed E-state index contributed by atoms with van der Waals surface area (Å²) in [5.74, 6) is 0.685. The number of allylic oxidation sites excluding steroid dienone is 1. The Morgan fingerprint density at radius 2 is 1.02 bits per heavy atom. The third-order valence-corrected chi connectivity index (χ3v) is 9.86. The molecule has 4 nitrogen and oxygen atoms in total. The number of hydrogen-bond donors (Lipinski definition) is 2. The van der Waals surface area contributed by atoms with Gasteiger partial charge in [0, 0.05) is 25.4 Å². The SMILES string of the molecule is CCCCCCCCCC/C=C\C(CCCCCC(=O)O)C(O)N(CC(CC)CCCCCC)CC(CC)CCCCCC. The maximum atomic E-state index is 12.0. The van der Waals surface area contributed by atoms with Crippen LogP contribution in [0.2, 0.25) is 0 Å². The number of carbonyl (C=O) groups is 1. The van der Waals surface area contributed by atoms with Gasteiger partial charge in [-0.05, 0) is 50.4 Å². The smallest absolute Gasteiger partial charge is 0.303 e. The number of aliphatic carboxylic acids is 1. The van der Waals surface area contributed by atoms with Crippen molar-refractivity contribution in [3.63, 3.8) is 0 Å². The zero-order valence-corrected chi connectivity index (χ0v) is 30.5. The third kappa shape index (κ3) is 25.3. The van der Waals surface area contributed by atoms with E-state index >= 15 is 0 Å². The van der Waals surface area contributed by atoms with E-state index in [9.17, 15) is 9.90 Å².